The minimum Gasteiger partial charge on any atom is -0.494 e. The van der Waals surface area contributed by atoms with Crippen molar-refractivity contribution in [3.05, 3.63) is 59.2 Å². The van der Waals surface area contributed by atoms with E-state index in [-0.39, 0.29) is 18.5 Å². The quantitative estimate of drug-likeness (QED) is 0.732. The van der Waals surface area contributed by atoms with Crippen LogP contribution in [0.2, 0.25) is 0 Å². The number of ether oxygens (including phenoxy) is 1. The van der Waals surface area contributed by atoms with Crippen molar-refractivity contribution in [3.63, 3.8) is 0 Å². The van der Waals surface area contributed by atoms with Gasteiger partial charge in [-0.25, -0.2) is 8.42 Å². The first-order valence-corrected chi connectivity index (χ1v) is 11.0. The number of sulfonamides is 1. The van der Waals surface area contributed by atoms with Crippen molar-refractivity contribution in [1.29, 1.82) is 0 Å². The van der Waals surface area contributed by atoms with Gasteiger partial charge in [0.1, 0.15) is 12.3 Å². The van der Waals surface area contributed by atoms with Gasteiger partial charge >= 0.3 is 0 Å². The lowest BCUT2D eigenvalue weighted by atomic mass is 10.00. The van der Waals surface area contributed by atoms with E-state index in [1.807, 2.05) is 45.9 Å². The maximum absolute atomic E-state index is 12.6. The molecule has 0 saturated heterocycles. The van der Waals surface area contributed by atoms with Crippen molar-refractivity contribution in [2.45, 2.75) is 33.7 Å². The van der Waals surface area contributed by atoms with Crippen LogP contribution in [0.25, 0.3) is 0 Å². The summed E-state index contributed by atoms with van der Waals surface area (Å²) in [4.78, 5) is 12.6. The van der Waals surface area contributed by atoms with Crippen molar-refractivity contribution >= 4 is 21.6 Å². The van der Waals surface area contributed by atoms with Crippen LogP contribution < -0.4 is 14.4 Å². The smallest absolute Gasteiger partial charge is 0.241 e. The number of amides is 1. The molecule has 2 rings (SSSR count). The summed E-state index contributed by atoms with van der Waals surface area (Å²) in [6.07, 6.45) is 1.09. The van der Waals surface area contributed by atoms with Crippen molar-refractivity contribution < 1.29 is 17.9 Å². The lowest BCUT2D eigenvalue weighted by molar-refractivity contribution is -0.120. The number of nitrogens with one attached hydrogen (secondary N) is 1. The Morgan fingerprint density at radius 2 is 1.79 bits per heavy atom. The molecular weight excluding hydrogens is 376 g/mol. The molecule has 0 aliphatic carbocycles. The van der Waals surface area contributed by atoms with E-state index >= 15 is 0 Å². The number of nitrogens with zero attached hydrogens (tertiary/aromatic N) is 1. The number of rotatable bonds is 8. The Morgan fingerprint density at radius 3 is 2.36 bits per heavy atom. The number of carbonyl (C=O) groups is 1. The van der Waals surface area contributed by atoms with Crippen LogP contribution in [0.4, 0.5) is 5.69 Å². The maximum Gasteiger partial charge on any atom is 0.241 e. The molecule has 0 aliphatic rings. The van der Waals surface area contributed by atoms with Crippen LogP contribution in [0.3, 0.4) is 0 Å². The molecule has 0 heterocycles. The molecule has 0 aliphatic heterocycles. The minimum atomic E-state index is -3.62. The zero-order valence-corrected chi connectivity index (χ0v) is 17.8. The standard InChI is InChI=1S/C21H28N2O4S/c1-6-27-19-11-9-18(10-12-19)23(28(5,25)26)14-21(24)22-17(4)20-13-15(2)7-8-16(20)3/h7-13,17H,6,14H2,1-5H3,(H,22,24)/t17-/m0/s1. The Kier molecular flexibility index (Phi) is 7.07. The van der Waals surface area contributed by atoms with E-state index in [2.05, 4.69) is 5.32 Å². The Bertz CT molecular complexity index is 924. The molecule has 7 heteroatoms. The summed E-state index contributed by atoms with van der Waals surface area (Å²) < 4.78 is 31.0. The Labute approximate surface area is 167 Å². The van der Waals surface area contributed by atoms with Crippen LogP contribution in [-0.4, -0.2) is 33.7 Å². The molecule has 2 aromatic rings. The molecule has 2 aromatic carbocycles. The summed E-state index contributed by atoms with van der Waals surface area (Å²) in [7, 11) is -3.62. The normalized spacial score (nSPS) is 12.3. The molecule has 0 unspecified atom stereocenters. The Morgan fingerprint density at radius 1 is 1.14 bits per heavy atom. The third kappa shape index (κ3) is 5.73. The second-order valence-electron chi connectivity index (χ2n) is 6.85. The molecule has 1 N–H and O–H groups in total. The first-order valence-electron chi connectivity index (χ1n) is 9.19. The van der Waals surface area contributed by atoms with Gasteiger partial charge in [-0.05, 0) is 63.1 Å². The van der Waals surface area contributed by atoms with Crippen LogP contribution in [0.1, 0.15) is 36.6 Å². The van der Waals surface area contributed by atoms with Crippen molar-refractivity contribution in [1.82, 2.24) is 5.32 Å². The molecular formula is C21H28N2O4S. The lowest BCUT2D eigenvalue weighted by Crippen LogP contribution is -2.41. The summed E-state index contributed by atoms with van der Waals surface area (Å²) in [6.45, 7) is 7.98. The third-order valence-corrected chi connectivity index (χ3v) is 5.54. The Balaban J connectivity index is 2.16. The zero-order valence-electron chi connectivity index (χ0n) is 17.0. The van der Waals surface area contributed by atoms with Gasteiger partial charge in [0, 0.05) is 0 Å². The van der Waals surface area contributed by atoms with Crippen LogP contribution >= 0.6 is 0 Å². The van der Waals surface area contributed by atoms with E-state index in [4.69, 9.17) is 4.74 Å². The lowest BCUT2D eigenvalue weighted by Gasteiger charge is -2.24. The second-order valence-corrected chi connectivity index (χ2v) is 8.75. The molecule has 0 saturated carbocycles. The number of hydrogen-bond acceptors (Lipinski definition) is 4. The molecule has 6 nitrogen and oxygen atoms in total. The molecule has 0 radical (unpaired) electrons. The minimum absolute atomic E-state index is 0.228. The SMILES string of the molecule is CCOc1ccc(N(CC(=O)N[C@@H](C)c2cc(C)ccc2C)S(C)(=O)=O)cc1. The topological polar surface area (TPSA) is 75.7 Å². The number of anilines is 1. The molecule has 0 fully saturated rings. The molecule has 0 aromatic heterocycles. The van der Waals surface area contributed by atoms with E-state index in [1.54, 1.807) is 24.3 Å². The van der Waals surface area contributed by atoms with Crippen molar-refractivity contribution in [2.24, 2.45) is 0 Å². The predicted molar refractivity (Wildman–Crippen MR) is 112 cm³/mol. The van der Waals surface area contributed by atoms with Crippen molar-refractivity contribution in [2.75, 3.05) is 23.7 Å². The van der Waals surface area contributed by atoms with E-state index in [1.165, 1.54) is 0 Å². The Hall–Kier alpha value is -2.54. The molecule has 1 atom stereocenters. The van der Waals surface area contributed by atoms with Gasteiger partial charge in [-0.3, -0.25) is 9.10 Å². The molecule has 152 valence electrons. The number of carbonyl (C=O) groups excluding carboxylic acids is 1. The first-order chi connectivity index (χ1) is 13.1. The first kappa shape index (κ1) is 21.8. The highest BCUT2D eigenvalue weighted by molar-refractivity contribution is 7.92. The fourth-order valence-electron chi connectivity index (χ4n) is 3.00. The van der Waals surface area contributed by atoms with E-state index in [0.29, 0.717) is 18.0 Å². The predicted octanol–water partition coefficient (Wildman–Crippen LogP) is 3.35. The monoisotopic (exact) mass is 404 g/mol. The summed E-state index contributed by atoms with van der Waals surface area (Å²) in [5, 5.41) is 2.90. The van der Waals surface area contributed by atoms with E-state index in [9.17, 15) is 13.2 Å². The molecule has 0 spiro atoms. The average Bonchev–Trinajstić information content (AvgIpc) is 2.62. The van der Waals surface area contributed by atoms with Gasteiger partial charge in [0.15, 0.2) is 0 Å². The number of benzene rings is 2. The van der Waals surface area contributed by atoms with Crippen LogP contribution in [-0.2, 0) is 14.8 Å². The highest BCUT2D eigenvalue weighted by atomic mass is 32.2. The third-order valence-electron chi connectivity index (χ3n) is 4.40. The van der Waals surface area contributed by atoms with Gasteiger partial charge in [0.2, 0.25) is 15.9 Å². The highest BCUT2D eigenvalue weighted by Gasteiger charge is 2.22. The summed E-state index contributed by atoms with van der Waals surface area (Å²) in [5.74, 6) is 0.278. The molecule has 1 amide bonds. The van der Waals surface area contributed by atoms with E-state index in [0.717, 1.165) is 27.3 Å². The van der Waals surface area contributed by atoms with Gasteiger partial charge in [-0.2, -0.15) is 0 Å². The van der Waals surface area contributed by atoms with Crippen LogP contribution in [0.5, 0.6) is 5.75 Å². The summed E-state index contributed by atoms with van der Waals surface area (Å²) in [5.41, 5.74) is 3.61. The maximum atomic E-state index is 12.6. The van der Waals surface area contributed by atoms with Crippen molar-refractivity contribution in [3.8, 4) is 5.75 Å². The second kappa shape index (κ2) is 9.10. The van der Waals surface area contributed by atoms with Gasteiger partial charge in [0.05, 0.1) is 24.6 Å². The van der Waals surface area contributed by atoms with Crippen LogP contribution in [0, 0.1) is 13.8 Å². The van der Waals surface area contributed by atoms with Crippen LogP contribution in [0.15, 0.2) is 42.5 Å². The fourth-order valence-corrected chi connectivity index (χ4v) is 3.85. The zero-order chi connectivity index (χ0) is 20.9. The fraction of sp³-hybridized carbons (Fsp3) is 0.381. The van der Waals surface area contributed by atoms with Gasteiger partial charge < -0.3 is 10.1 Å². The molecule has 0 bridgehead atoms. The average molecular weight is 405 g/mol. The summed E-state index contributed by atoms with van der Waals surface area (Å²) in [6, 6.07) is 12.5. The van der Waals surface area contributed by atoms with Gasteiger partial charge in [-0.15, -0.1) is 0 Å². The van der Waals surface area contributed by atoms with E-state index < -0.39 is 10.0 Å². The largest absolute Gasteiger partial charge is 0.494 e. The van der Waals surface area contributed by atoms with Gasteiger partial charge in [0.25, 0.3) is 0 Å². The molecule has 28 heavy (non-hydrogen) atoms. The highest BCUT2D eigenvalue weighted by Crippen LogP contribution is 2.22. The number of aryl methyl sites for hydroxylation is 2. The van der Waals surface area contributed by atoms with Gasteiger partial charge in [-0.1, -0.05) is 23.8 Å². The number of hydrogen-bond donors (Lipinski definition) is 1. The summed E-state index contributed by atoms with van der Waals surface area (Å²) >= 11 is 0.